The zero-order chi connectivity index (χ0) is 16.0. The molecular formula is C13H13F3N4O2. The van der Waals surface area contributed by atoms with Gasteiger partial charge in [0.15, 0.2) is 0 Å². The predicted octanol–water partition coefficient (Wildman–Crippen LogP) is 1.58. The summed E-state index contributed by atoms with van der Waals surface area (Å²) in [7, 11) is 0. The number of benzene rings is 1. The molecule has 0 atom stereocenters. The second-order valence-electron chi connectivity index (χ2n) is 4.31. The molecule has 2 rings (SSSR count). The number of nitrogens with zero attached hydrogens (tertiary/aromatic N) is 3. The lowest BCUT2D eigenvalue weighted by molar-refractivity contribution is -0.173. The maximum Gasteiger partial charge on any atom is 0.411 e. The van der Waals surface area contributed by atoms with Crippen LogP contribution in [0.5, 0.6) is 0 Å². The summed E-state index contributed by atoms with van der Waals surface area (Å²) in [6.45, 7) is -1.53. The molecule has 118 valence electrons. The highest BCUT2D eigenvalue weighted by atomic mass is 19.4. The van der Waals surface area contributed by atoms with E-state index in [4.69, 9.17) is 0 Å². The fourth-order valence-electron chi connectivity index (χ4n) is 1.63. The Hall–Kier alpha value is -2.42. The van der Waals surface area contributed by atoms with Gasteiger partial charge in [0.05, 0.1) is 12.3 Å². The van der Waals surface area contributed by atoms with Crippen LogP contribution in [-0.2, 0) is 4.74 Å². The molecule has 22 heavy (non-hydrogen) atoms. The molecule has 0 unspecified atom stereocenters. The van der Waals surface area contributed by atoms with Gasteiger partial charge in [0.2, 0.25) is 0 Å². The molecule has 0 aliphatic heterocycles. The van der Waals surface area contributed by atoms with E-state index in [0.717, 1.165) is 5.69 Å². The van der Waals surface area contributed by atoms with Crippen molar-refractivity contribution in [2.24, 2.45) is 0 Å². The van der Waals surface area contributed by atoms with Gasteiger partial charge in [0, 0.05) is 12.1 Å². The Morgan fingerprint density at radius 2 is 2.00 bits per heavy atom. The summed E-state index contributed by atoms with van der Waals surface area (Å²) in [6.07, 6.45) is -1.45. The second-order valence-corrected chi connectivity index (χ2v) is 4.31. The van der Waals surface area contributed by atoms with E-state index in [9.17, 15) is 18.0 Å². The van der Waals surface area contributed by atoms with Gasteiger partial charge >= 0.3 is 6.18 Å². The molecule has 0 radical (unpaired) electrons. The minimum atomic E-state index is -4.36. The van der Waals surface area contributed by atoms with Crippen LogP contribution in [0.25, 0.3) is 5.69 Å². The van der Waals surface area contributed by atoms with Crippen molar-refractivity contribution in [1.29, 1.82) is 0 Å². The van der Waals surface area contributed by atoms with Crippen molar-refractivity contribution in [2.75, 3.05) is 19.8 Å². The number of alkyl halides is 3. The van der Waals surface area contributed by atoms with Crippen molar-refractivity contribution < 1.29 is 22.7 Å². The van der Waals surface area contributed by atoms with Gasteiger partial charge in [-0.25, -0.2) is 9.67 Å². The first-order valence-corrected chi connectivity index (χ1v) is 6.33. The van der Waals surface area contributed by atoms with Gasteiger partial charge in [-0.2, -0.15) is 18.3 Å². The minimum absolute atomic E-state index is 0.000257. The Morgan fingerprint density at radius 3 is 2.59 bits per heavy atom. The molecule has 1 amide bonds. The molecule has 0 aliphatic rings. The number of carbonyl (C=O) groups is 1. The fourth-order valence-corrected chi connectivity index (χ4v) is 1.63. The molecule has 9 heteroatoms. The fraction of sp³-hybridized carbons (Fsp3) is 0.308. The summed E-state index contributed by atoms with van der Waals surface area (Å²) in [4.78, 5) is 15.6. The third kappa shape index (κ3) is 4.85. The number of rotatable bonds is 6. The van der Waals surface area contributed by atoms with Crippen LogP contribution in [-0.4, -0.2) is 46.6 Å². The van der Waals surface area contributed by atoms with Crippen molar-refractivity contribution in [3.8, 4) is 5.69 Å². The normalized spacial score (nSPS) is 11.4. The van der Waals surface area contributed by atoms with E-state index >= 15 is 0 Å². The molecule has 0 saturated carbocycles. The number of carbonyl (C=O) groups excluding carboxylic acids is 1. The molecule has 0 fully saturated rings. The predicted molar refractivity (Wildman–Crippen MR) is 70.6 cm³/mol. The number of hydrogen-bond acceptors (Lipinski definition) is 4. The van der Waals surface area contributed by atoms with E-state index in [0.29, 0.717) is 5.56 Å². The highest BCUT2D eigenvalue weighted by molar-refractivity contribution is 5.94. The highest BCUT2D eigenvalue weighted by Gasteiger charge is 2.27. The zero-order valence-electron chi connectivity index (χ0n) is 11.4. The molecule has 1 aromatic heterocycles. The standard InChI is InChI=1S/C13H13F3N4O2/c14-13(15,16)7-22-6-5-18-12(21)10-1-3-11(4-2-10)20-9-17-8-19-20/h1-4,8-9H,5-7H2,(H,18,21). The maximum atomic E-state index is 11.8. The Balaban J connectivity index is 1.78. The molecular weight excluding hydrogens is 301 g/mol. The Labute approximate surface area is 123 Å². The number of hydrogen-bond donors (Lipinski definition) is 1. The maximum absolute atomic E-state index is 11.8. The van der Waals surface area contributed by atoms with E-state index in [1.807, 2.05) is 0 Å². The molecule has 0 spiro atoms. The summed E-state index contributed by atoms with van der Waals surface area (Å²) in [5.41, 5.74) is 1.13. The van der Waals surface area contributed by atoms with Crippen LogP contribution < -0.4 is 5.32 Å². The molecule has 0 bridgehead atoms. The molecule has 2 aromatic rings. The second kappa shape index (κ2) is 7.03. The van der Waals surface area contributed by atoms with E-state index < -0.39 is 12.8 Å². The van der Waals surface area contributed by atoms with Crippen molar-refractivity contribution in [3.05, 3.63) is 42.5 Å². The summed E-state index contributed by atoms with van der Waals surface area (Å²) >= 11 is 0. The van der Waals surface area contributed by atoms with Crippen LogP contribution >= 0.6 is 0 Å². The van der Waals surface area contributed by atoms with E-state index in [1.54, 1.807) is 24.3 Å². The van der Waals surface area contributed by atoms with Crippen LogP contribution in [0.4, 0.5) is 13.2 Å². The Kier molecular flexibility index (Phi) is 5.10. The van der Waals surface area contributed by atoms with Crippen LogP contribution in [0.3, 0.4) is 0 Å². The van der Waals surface area contributed by atoms with E-state index in [1.165, 1.54) is 17.3 Å². The van der Waals surface area contributed by atoms with Gasteiger partial charge < -0.3 is 10.1 Å². The third-order valence-corrected chi connectivity index (χ3v) is 2.61. The van der Waals surface area contributed by atoms with Gasteiger partial charge in [-0.3, -0.25) is 4.79 Å². The summed E-state index contributed by atoms with van der Waals surface area (Å²) < 4.78 is 41.4. The van der Waals surface area contributed by atoms with Crippen molar-refractivity contribution in [1.82, 2.24) is 20.1 Å². The molecule has 1 heterocycles. The number of ether oxygens (including phenoxy) is 1. The molecule has 6 nitrogen and oxygen atoms in total. The van der Waals surface area contributed by atoms with Crippen LogP contribution in [0.1, 0.15) is 10.4 Å². The van der Waals surface area contributed by atoms with Crippen LogP contribution in [0.15, 0.2) is 36.9 Å². The van der Waals surface area contributed by atoms with Gasteiger partial charge in [0.1, 0.15) is 19.3 Å². The lowest BCUT2D eigenvalue weighted by Crippen LogP contribution is -2.28. The Morgan fingerprint density at radius 1 is 1.27 bits per heavy atom. The van der Waals surface area contributed by atoms with Gasteiger partial charge in [-0.05, 0) is 24.3 Å². The lowest BCUT2D eigenvalue weighted by atomic mass is 10.2. The number of nitrogens with one attached hydrogen (secondary N) is 1. The zero-order valence-corrected chi connectivity index (χ0v) is 11.4. The van der Waals surface area contributed by atoms with E-state index in [2.05, 4.69) is 20.1 Å². The molecule has 1 N–H and O–H groups in total. The topological polar surface area (TPSA) is 69.0 Å². The highest BCUT2D eigenvalue weighted by Crippen LogP contribution is 2.14. The van der Waals surface area contributed by atoms with Crippen molar-refractivity contribution >= 4 is 5.91 Å². The minimum Gasteiger partial charge on any atom is -0.370 e. The first-order chi connectivity index (χ1) is 10.5. The lowest BCUT2D eigenvalue weighted by Gasteiger charge is -2.09. The SMILES string of the molecule is O=C(NCCOCC(F)(F)F)c1ccc(-n2cncn2)cc1. The summed E-state index contributed by atoms with van der Waals surface area (Å²) in [5.74, 6) is -0.388. The smallest absolute Gasteiger partial charge is 0.370 e. The number of amides is 1. The van der Waals surface area contributed by atoms with Crippen molar-refractivity contribution in [2.45, 2.75) is 6.18 Å². The van der Waals surface area contributed by atoms with Crippen molar-refractivity contribution in [3.63, 3.8) is 0 Å². The largest absolute Gasteiger partial charge is 0.411 e. The molecule has 0 aliphatic carbocycles. The van der Waals surface area contributed by atoms with Crippen LogP contribution in [0.2, 0.25) is 0 Å². The van der Waals surface area contributed by atoms with Gasteiger partial charge in [-0.15, -0.1) is 0 Å². The van der Waals surface area contributed by atoms with E-state index in [-0.39, 0.29) is 19.1 Å². The third-order valence-electron chi connectivity index (χ3n) is 2.61. The van der Waals surface area contributed by atoms with Gasteiger partial charge in [-0.1, -0.05) is 0 Å². The average Bonchev–Trinajstić information content (AvgIpc) is 3.00. The monoisotopic (exact) mass is 314 g/mol. The number of aromatic nitrogens is 3. The summed E-state index contributed by atoms with van der Waals surface area (Å²) in [5, 5.41) is 6.42. The molecule has 0 saturated heterocycles. The quantitative estimate of drug-likeness (QED) is 0.822. The molecule has 1 aromatic carbocycles. The van der Waals surface area contributed by atoms with Crippen LogP contribution in [0, 0.1) is 0 Å². The first-order valence-electron chi connectivity index (χ1n) is 6.33. The van der Waals surface area contributed by atoms with Gasteiger partial charge in [0.25, 0.3) is 5.91 Å². The first kappa shape index (κ1) is 16.0. The Bertz CT molecular complexity index is 597. The average molecular weight is 314 g/mol. The number of halogens is 3. The summed E-state index contributed by atoms with van der Waals surface area (Å²) in [6, 6.07) is 6.54.